The van der Waals surface area contributed by atoms with Crippen LogP contribution in [-0.2, 0) is 6.61 Å². The molecule has 0 amide bonds. The molecular weight excluding hydrogens is 407 g/mol. The van der Waals surface area contributed by atoms with Crippen molar-refractivity contribution >= 4 is 11.6 Å². The Hall–Kier alpha value is -4.13. The monoisotopic (exact) mass is 428 g/mol. The topological polar surface area (TPSA) is 61.2 Å². The molecule has 0 unspecified atom stereocenters. The molecule has 0 radical (unpaired) electrons. The molecule has 0 aliphatic carbocycles. The molecule has 0 fully saturated rings. The van der Waals surface area contributed by atoms with E-state index in [0.29, 0.717) is 24.1 Å². The molecule has 3 aromatic carbocycles. The Morgan fingerprint density at radius 2 is 1.81 bits per heavy atom. The maximum Gasteiger partial charge on any atom is 0.226 e. The van der Waals surface area contributed by atoms with Crippen LogP contribution in [0.1, 0.15) is 22.7 Å². The number of hydrogen-bond donors (Lipinski definition) is 1. The molecule has 0 saturated heterocycles. The number of rotatable bonds is 6. The van der Waals surface area contributed by atoms with E-state index in [1.165, 1.54) is 18.5 Å². The summed E-state index contributed by atoms with van der Waals surface area (Å²) in [6.07, 6.45) is 3.55. The van der Waals surface area contributed by atoms with E-state index >= 15 is 0 Å². The summed E-state index contributed by atoms with van der Waals surface area (Å²) in [4.78, 5) is 4.33. The molecule has 0 spiro atoms. The first kappa shape index (κ1) is 19.8. The second kappa shape index (κ2) is 8.55. The van der Waals surface area contributed by atoms with Crippen molar-refractivity contribution in [1.29, 1.82) is 0 Å². The zero-order valence-corrected chi connectivity index (χ0v) is 17.4. The summed E-state index contributed by atoms with van der Waals surface area (Å²) >= 11 is 0. The van der Waals surface area contributed by atoms with Crippen molar-refractivity contribution in [2.75, 3.05) is 12.4 Å². The van der Waals surface area contributed by atoms with Crippen molar-refractivity contribution in [3.05, 3.63) is 108 Å². The molecule has 4 aromatic rings. The van der Waals surface area contributed by atoms with Crippen molar-refractivity contribution in [1.82, 2.24) is 14.8 Å². The van der Waals surface area contributed by atoms with Crippen molar-refractivity contribution in [2.24, 2.45) is 0 Å². The van der Waals surface area contributed by atoms with E-state index in [1.807, 2.05) is 54.6 Å². The molecule has 1 N–H and O–H groups in total. The van der Waals surface area contributed by atoms with Crippen LogP contribution in [0.4, 0.5) is 10.3 Å². The van der Waals surface area contributed by atoms with E-state index in [1.54, 1.807) is 23.9 Å². The van der Waals surface area contributed by atoms with Crippen LogP contribution in [0.15, 0.2) is 85.2 Å². The third-order valence-corrected chi connectivity index (χ3v) is 5.33. The number of allylic oxidation sites excluding steroid dienone is 1. The number of nitrogens with one attached hydrogen (secondary N) is 1. The molecule has 6 nitrogen and oxygen atoms in total. The minimum absolute atomic E-state index is 0.223. The third-order valence-electron chi connectivity index (χ3n) is 5.33. The number of ether oxygens (including phenoxy) is 2. The Kier molecular flexibility index (Phi) is 5.29. The van der Waals surface area contributed by atoms with Gasteiger partial charge in [-0.15, -0.1) is 0 Å². The van der Waals surface area contributed by atoms with E-state index in [0.717, 1.165) is 22.4 Å². The maximum absolute atomic E-state index is 13.4. The van der Waals surface area contributed by atoms with Crippen LogP contribution < -0.4 is 14.8 Å². The van der Waals surface area contributed by atoms with Gasteiger partial charge in [-0.3, -0.25) is 0 Å². The van der Waals surface area contributed by atoms with Crippen molar-refractivity contribution in [2.45, 2.75) is 12.6 Å². The van der Waals surface area contributed by atoms with Gasteiger partial charge in [0.2, 0.25) is 5.95 Å². The number of fused-ring (bicyclic) bond motifs is 1. The summed E-state index contributed by atoms with van der Waals surface area (Å²) in [7, 11) is 1.62. The Balaban J connectivity index is 1.50. The van der Waals surface area contributed by atoms with Gasteiger partial charge in [-0.2, -0.15) is 10.1 Å². The van der Waals surface area contributed by atoms with Crippen LogP contribution in [0.3, 0.4) is 0 Å². The molecule has 0 saturated carbocycles. The number of anilines is 1. The van der Waals surface area contributed by atoms with Gasteiger partial charge in [0.15, 0.2) is 11.5 Å². The Morgan fingerprint density at radius 1 is 1.00 bits per heavy atom. The molecule has 5 rings (SSSR count). The number of benzene rings is 3. The van der Waals surface area contributed by atoms with E-state index in [-0.39, 0.29) is 11.9 Å². The molecule has 7 heteroatoms. The summed E-state index contributed by atoms with van der Waals surface area (Å²) in [5.74, 6) is 1.63. The second-order valence-electron chi connectivity index (χ2n) is 7.37. The average molecular weight is 428 g/mol. The smallest absolute Gasteiger partial charge is 0.226 e. The number of aromatic nitrogens is 3. The van der Waals surface area contributed by atoms with Gasteiger partial charge in [-0.25, -0.2) is 9.07 Å². The molecule has 2 heterocycles. The number of hydrogen-bond acceptors (Lipinski definition) is 5. The largest absolute Gasteiger partial charge is 0.493 e. The van der Waals surface area contributed by atoms with E-state index in [4.69, 9.17) is 9.47 Å². The number of nitrogens with zero attached hydrogens (tertiary/aromatic N) is 3. The molecule has 1 atom stereocenters. The minimum atomic E-state index is -0.278. The summed E-state index contributed by atoms with van der Waals surface area (Å²) in [6, 6.07) is 21.9. The van der Waals surface area contributed by atoms with Crippen LogP contribution in [0, 0.1) is 5.82 Å². The first-order valence-electron chi connectivity index (χ1n) is 10.2. The Bertz CT molecular complexity index is 1250. The van der Waals surface area contributed by atoms with Crippen LogP contribution >= 0.6 is 0 Å². The molecular formula is C25H21FN4O2. The van der Waals surface area contributed by atoms with E-state index < -0.39 is 0 Å². The molecule has 1 aliphatic rings. The van der Waals surface area contributed by atoms with Gasteiger partial charge in [0, 0.05) is 5.70 Å². The van der Waals surface area contributed by atoms with Gasteiger partial charge in [-0.1, -0.05) is 36.4 Å². The molecule has 1 aliphatic heterocycles. The maximum atomic E-state index is 13.4. The quantitative estimate of drug-likeness (QED) is 0.465. The van der Waals surface area contributed by atoms with Crippen molar-refractivity contribution in [3.63, 3.8) is 0 Å². The SMILES string of the molecule is COc1ccc([C@H]2C=C(c3ccc(F)cc3)Nc3ncnn32)cc1OCc1ccccc1. The fourth-order valence-electron chi connectivity index (χ4n) is 3.69. The van der Waals surface area contributed by atoms with Crippen molar-refractivity contribution in [3.8, 4) is 11.5 Å². The molecule has 32 heavy (non-hydrogen) atoms. The van der Waals surface area contributed by atoms with E-state index in [9.17, 15) is 4.39 Å². The zero-order valence-electron chi connectivity index (χ0n) is 17.4. The lowest BCUT2D eigenvalue weighted by Gasteiger charge is -2.25. The van der Waals surface area contributed by atoms with Gasteiger partial charge in [0.1, 0.15) is 24.8 Å². The van der Waals surface area contributed by atoms with Crippen molar-refractivity contribution < 1.29 is 13.9 Å². The minimum Gasteiger partial charge on any atom is -0.493 e. The van der Waals surface area contributed by atoms with Crippen LogP contribution in [-0.4, -0.2) is 21.9 Å². The third kappa shape index (κ3) is 3.92. The fraction of sp³-hybridized carbons (Fsp3) is 0.120. The lowest BCUT2D eigenvalue weighted by molar-refractivity contribution is 0.284. The molecule has 1 aromatic heterocycles. The Morgan fingerprint density at radius 3 is 2.59 bits per heavy atom. The average Bonchev–Trinajstić information content (AvgIpc) is 3.32. The predicted octanol–water partition coefficient (Wildman–Crippen LogP) is 5.06. The van der Waals surface area contributed by atoms with Gasteiger partial charge in [0.05, 0.1) is 7.11 Å². The van der Waals surface area contributed by atoms with Gasteiger partial charge < -0.3 is 14.8 Å². The fourth-order valence-corrected chi connectivity index (χ4v) is 3.69. The van der Waals surface area contributed by atoms with Crippen LogP contribution in [0.25, 0.3) is 5.70 Å². The van der Waals surface area contributed by atoms with Gasteiger partial charge >= 0.3 is 0 Å². The summed E-state index contributed by atoms with van der Waals surface area (Å²) in [5, 5.41) is 7.66. The lowest BCUT2D eigenvalue weighted by Crippen LogP contribution is -2.20. The zero-order chi connectivity index (χ0) is 21.9. The van der Waals surface area contributed by atoms with Crippen LogP contribution in [0.5, 0.6) is 11.5 Å². The highest BCUT2D eigenvalue weighted by molar-refractivity contribution is 5.77. The standard InChI is InChI=1S/C25H21FN4O2/c1-31-23-12-9-19(13-24(23)32-15-17-5-3-2-4-6-17)22-14-21(18-7-10-20(26)11-8-18)29-25-27-16-28-30(22)25/h2-14,16,22H,15H2,1H3,(H,27,28,29)/t22-/m1/s1. The summed E-state index contributed by atoms with van der Waals surface area (Å²) < 4.78 is 26.8. The second-order valence-corrected chi connectivity index (χ2v) is 7.37. The van der Waals surface area contributed by atoms with Crippen LogP contribution in [0.2, 0.25) is 0 Å². The predicted molar refractivity (Wildman–Crippen MR) is 120 cm³/mol. The highest BCUT2D eigenvalue weighted by Crippen LogP contribution is 2.36. The highest BCUT2D eigenvalue weighted by Gasteiger charge is 2.24. The highest BCUT2D eigenvalue weighted by atomic mass is 19.1. The Labute approximate surface area is 185 Å². The summed E-state index contributed by atoms with van der Waals surface area (Å²) in [6.45, 7) is 0.429. The van der Waals surface area contributed by atoms with Gasteiger partial charge in [0.25, 0.3) is 0 Å². The molecule has 0 bridgehead atoms. The van der Waals surface area contributed by atoms with E-state index in [2.05, 4.69) is 15.4 Å². The molecule has 160 valence electrons. The lowest BCUT2D eigenvalue weighted by atomic mass is 10.0. The first-order valence-corrected chi connectivity index (χ1v) is 10.2. The number of halogens is 1. The summed E-state index contributed by atoms with van der Waals surface area (Å²) in [5.41, 5.74) is 3.72. The number of methoxy groups -OCH3 is 1. The van der Waals surface area contributed by atoms with Gasteiger partial charge in [-0.05, 0) is 59.2 Å². The normalized spacial score (nSPS) is 14.8. The first-order chi connectivity index (χ1) is 15.7.